The molecule has 2 N–H and O–H groups in total. The summed E-state index contributed by atoms with van der Waals surface area (Å²) in [5, 5.41) is 0. The summed E-state index contributed by atoms with van der Waals surface area (Å²) < 4.78 is 1.11. The first kappa shape index (κ1) is 15.0. The van der Waals surface area contributed by atoms with E-state index in [9.17, 15) is 0 Å². The van der Waals surface area contributed by atoms with Gasteiger partial charge in [0.1, 0.15) is 0 Å². The van der Waals surface area contributed by atoms with E-state index in [4.69, 9.17) is 5.73 Å². The molecule has 0 aliphatic carbocycles. The van der Waals surface area contributed by atoms with E-state index in [1.165, 1.54) is 38.2 Å². The maximum absolute atomic E-state index is 6.28. The Morgan fingerprint density at radius 2 is 1.89 bits per heavy atom. The predicted molar refractivity (Wildman–Crippen MR) is 84.2 cm³/mol. The maximum atomic E-state index is 6.28. The summed E-state index contributed by atoms with van der Waals surface area (Å²) in [6.07, 6.45) is 2.30. The van der Waals surface area contributed by atoms with Crippen LogP contribution in [0.5, 0.6) is 0 Å². The number of likely N-dealkylation sites (N-methyl/N-ethyl adjacent to an activating group) is 1. The topological polar surface area (TPSA) is 32.5 Å². The molecule has 1 aliphatic heterocycles. The van der Waals surface area contributed by atoms with Gasteiger partial charge in [-0.2, -0.15) is 0 Å². The molecule has 1 saturated heterocycles. The van der Waals surface area contributed by atoms with Gasteiger partial charge in [0.15, 0.2) is 0 Å². The van der Waals surface area contributed by atoms with E-state index in [1.54, 1.807) is 0 Å². The number of benzene rings is 1. The molecule has 0 bridgehead atoms. The first-order valence-corrected chi connectivity index (χ1v) is 7.86. The zero-order valence-corrected chi connectivity index (χ0v) is 13.3. The van der Waals surface area contributed by atoms with E-state index < -0.39 is 0 Å². The van der Waals surface area contributed by atoms with Crippen LogP contribution < -0.4 is 5.73 Å². The zero-order valence-electron chi connectivity index (χ0n) is 11.7. The highest BCUT2D eigenvalue weighted by atomic mass is 79.9. The molecule has 1 aromatic carbocycles. The Hall–Kier alpha value is -0.420. The average molecular weight is 326 g/mol. The van der Waals surface area contributed by atoms with Gasteiger partial charge in [0.25, 0.3) is 0 Å². The Bertz CT molecular complexity index is 379. The van der Waals surface area contributed by atoms with Crippen LogP contribution in [0.4, 0.5) is 0 Å². The molecule has 1 unspecified atom stereocenters. The number of hydrogen-bond donors (Lipinski definition) is 1. The Kier molecular flexibility index (Phi) is 5.82. The van der Waals surface area contributed by atoms with Crippen LogP contribution in [0.1, 0.15) is 24.4 Å². The predicted octanol–water partition coefficient (Wildman–Crippen LogP) is 2.48. The molecule has 1 aromatic rings. The lowest BCUT2D eigenvalue weighted by Gasteiger charge is -2.22. The van der Waals surface area contributed by atoms with Crippen molar-refractivity contribution in [2.45, 2.75) is 18.9 Å². The number of hydrogen-bond acceptors (Lipinski definition) is 3. The minimum Gasteiger partial charge on any atom is -0.324 e. The van der Waals surface area contributed by atoms with Crippen molar-refractivity contribution >= 4 is 15.9 Å². The number of nitrogens with zero attached hydrogens (tertiary/aromatic N) is 2. The first-order chi connectivity index (χ1) is 9.15. The van der Waals surface area contributed by atoms with Gasteiger partial charge in [-0.25, -0.2) is 0 Å². The average Bonchev–Trinajstić information content (AvgIpc) is 2.61. The zero-order chi connectivity index (χ0) is 13.7. The molecule has 0 radical (unpaired) electrons. The molecule has 1 aliphatic rings. The normalized spacial score (nSPS) is 20.2. The van der Waals surface area contributed by atoms with Gasteiger partial charge in [0.2, 0.25) is 0 Å². The SMILES string of the molecule is CN1CCCN(CCC(N)c2ccc(Br)cc2)CC1. The van der Waals surface area contributed by atoms with E-state index in [0.717, 1.165) is 17.4 Å². The van der Waals surface area contributed by atoms with Gasteiger partial charge in [-0.3, -0.25) is 0 Å². The summed E-state index contributed by atoms with van der Waals surface area (Å²) in [6.45, 7) is 5.87. The lowest BCUT2D eigenvalue weighted by molar-refractivity contribution is 0.267. The van der Waals surface area contributed by atoms with Crippen LogP contribution in [0.15, 0.2) is 28.7 Å². The Morgan fingerprint density at radius 1 is 1.16 bits per heavy atom. The molecule has 2 rings (SSSR count). The second-order valence-corrected chi connectivity index (χ2v) is 6.36. The second-order valence-electron chi connectivity index (χ2n) is 5.45. The number of nitrogens with two attached hydrogens (primary N) is 1. The Labute approximate surface area is 124 Å². The fourth-order valence-corrected chi connectivity index (χ4v) is 2.79. The maximum Gasteiger partial charge on any atom is 0.0307 e. The summed E-state index contributed by atoms with van der Waals surface area (Å²) in [5.74, 6) is 0. The number of halogens is 1. The molecular weight excluding hydrogens is 302 g/mol. The Balaban J connectivity index is 1.79. The van der Waals surface area contributed by atoms with Crippen molar-refractivity contribution in [3.63, 3.8) is 0 Å². The lowest BCUT2D eigenvalue weighted by Crippen LogP contribution is -2.31. The highest BCUT2D eigenvalue weighted by Gasteiger charge is 2.13. The summed E-state index contributed by atoms with van der Waals surface area (Å²) in [6, 6.07) is 8.51. The van der Waals surface area contributed by atoms with Crippen molar-refractivity contribution in [3.05, 3.63) is 34.3 Å². The largest absolute Gasteiger partial charge is 0.324 e. The standard InChI is InChI=1S/C15H24BrN3/c1-18-8-2-9-19(12-11-18)10-7-15(17)13-3-5-14(16)6-4-13/h3-6,15H,2,7-12,17H2,1H3. The van der Waals surface area contributed by atoms with Crippen molar-refractivity contribution < 1.29 is 0 Å². The van der Waals surface area contributed by atoms with Crippen molar-refractivity contribution in [3.8, 4) is 0 Å². The van der Waals surface area contributed by atoms with E-state index in [-0.39, 0.29) is 6.04 Å². The molecule has 3 nitrogen and oxygen atoms in total. The van der Waals surface area contributed by atoms with Crippen LogP contribution in [0.25, 0.3) is 0 Å². The summed E-state index contributed by atoms with van der Waals surface area (Å²) >= 11 is 3.46. The minimum atomic E-state index is 0.147. The molecule has 0 aromatic heterocycles. The van der Waals surface area contributed by atoms with Crippen LogP contribution in [-0.4, -0.2) is 49.6 Å². The van der Waals surface area contributed by atoms with Crippen LogP contribution >= 0.6 is 15.9 Å². The van der Waals surface area contributed by atoms with Gasteiger partial charge in [-0.15, -0.1) is 0 Å². The number of rotatable bonds is 4. The lowest BCUT2D eigenvalue weighted by atomic mass is 10.0. The molecule has 4 heteroatoms. The molecule has 106 valence electrons. The van der Waals surface area contributed by atoms with Gasteiger partial charge in [-0.1, -0.05) is 28.1 Å². The minimum absolute atomic E-state index is 0.147. The summed E-state index contributed by atoms with van der Waals surface area (Å²) in [5.41, 5.74) is 7.51. The Morgan fingerprint density at radius 3 is 2.63 bits per heavy atom. The van der Waals surface area contributed by atoms with Crippen LogP contribution in [0.2, 0.25) is 0 Å². The van der Waals surface area contributed by atoms with Gasteiger partial charge in [-0.05, 0) is 57.2 Å². The third-order valence-electron chi connectivity index (χ3n) is 3.87. The molecule has 1 atom stereocenters. The first-order valence-electron chi connectivity index (χ1n) is 7.07. The van der Waals surface area contributed by atoms with Gasteiger partial charge >= 0.3 is 0 Å². The highest BCUT2D eigenvalue weighted by Crippen LogP contribution is 2.18. The van der Waals surface area contributed by atoms with Crippen molar-refractivity contribution in [2.24, 2.45) is 5.73 Å². The molecule has 1 fully saturated rings. The third-order valence-corrected chi connectivity index (χ3v) is 4.40. The van der Waals surface area contributed by atoms with Crippen LogP contribution in [-0.2, 0) is 0 Å². The third kappa shape index (κ3) is 4.88. The van der Waals surface area contributed by atoms with Crippen LogP contribution in [0, 0.1) is 0 Å². The monoisotopic (exact) mass is 325 g/mol. The van der Waals surface area contributed by atoms with E-state index >= 15 is 0 Å². The molecule has 0 spiro atoms. The smallest absolute Gasteiger partial charge is 0.0307 e. The van der Waals surface area contributed by atoms with Gasteiger partial charge in [0.05, 0.1) is 0 Å². The molecule has 0 saturated carbocycles. The molecule has 0 amide bonds. The molecule has 19 heavy (non-hydrogen) atoms. The molecule has 1 heterocycles. The fraction of sp³-hybridized carbons (Fsp3) is 0.600. The van der Waals surface area contributed by atoms with Crippen molar-refractivity contribution in [1.29, 1.82) is 0 Å². The van der Waals surface area contributed by atoms with Gasteiger partial charge < -0.3 is 15.5 Å². The van der Waals surface area contributed by atoms with Crippen molar-refractivity contribution in [2.75, 3.05) is 39.8 Å². The van der Waals surface area contributed by atoms with Crippen molar-refractivity contribution in [1.82, 2.24) is 9.80 Å². The fourth-order valence-electron chi connectivity index (χ4n) is 2.52. The van der Waals surface area contributed by atoms with E-state index in [0.29, 0.717) is 0 Å². The van der Waals surface area contributed by atoms with E-state index in [1.807, 2.05) is 0 Å². The van der Waals surface area contributed by atoms with Gasteiger partial charge in [0, 0.05) is 23.6 Å². The highest BCUT2D eigenvalue weighted by molar-refractivity contribution is 9.10. The summed E-state index contributed by atoms with van der Waals surface area (Å²) in [7, 11) is 2.21. The van der Waals surface area contributed by atoms with E-state index in [2.05, 4.69) is 57.0 Å². The quantitative estimate of drug-likeness (QED) is 0.923. The molecular formula is C15H24BrN3. The van der Waals surface area contributed by atoms with Crippen LogP contribution in [0.3, 0.4) is 0 Å². The second kappa shape index (κ2) is 7.39. The summed E-state index contributed by atoms with van der Waals surface area (Å²) in [4.78, 5) is 4.96.